The zero-order valence-corrected chi connectivity index (χ0v) is 12.7. The van der Waals surface area contributed by atoms with E-state index >= 15 is 0 Å². The third kappa shape index (κ3) is 5.48. The summed E-state index contributed by atoms with van der Waals surface area (Å²) in [6.07, 6.45) is 0.779. The molecule has 0 radical (unpaired) electrons. The van der Waals surface area contributed by atoms with Crippen LogP contribution < -0.4 is 20.5 Å². The quantitative estimate of drug-likeness (QED) is 0.828. The van der Waals surface area contributed by atoms with Crippen molar-refractivity contribution in [3.8, 4) is 11.5 Å². The van der Waals surface area contributed by atoms with Crippen molar-refractivity contribution >= 4 is 5.91 Å². The molecular formula is C15H24N2O3. The molecule has 3 N–H and O–H groups in total. The second-order valence-electron chi connectivity index (χ2n) is 5.61. The lowest BCUT2D eigenvalue weighted by molar-refractivity contribution is -0.124. The van der Waals surface area contributed by atoms with Crippen LogP contribution in [0.5, 0.6) is 11.5 Å². The van der Waals surface area contributed by atoms with Crippen LogP contribution in [0.25, 0.3) is 0 Å². The molecule has 0 saturated heterocycles. The Morgan fingerprint density at radius 1 is 1.30 bits per heavy atom. The van der Waals surface area contributed by atoms with Gasteiger partial charge in [0, 0.05) is 5.54 Å². The summed E-state index contributed by atoms with van der Waals surface area (Å²) >= 11 is 0. The number of methoxy groups -OCH3 is 1. The van der Waals surface area contributed by atoms with Gasteiger partial charge in [0.15, 0.2) is 18.1 Å². The minimum atomic E-state index is -0.268. The number of carbonyl (C=O) groups excluding carboxylic acids is 1. The first-order valence-corrected chi connectivity index (χ1v) is 6.66. The Bertz CT molecular complexity index is 453. The van der Waals surface area contributed by atoms with Gasteiger partial charge in [0.1, 0.15) is 0 Å². The van der Waals surface area contributed by atoms with Crippen LogP contribution in [0, 0.1) is 0 Å². The fourth-order valence-corrected chi connectivity index (χ4v) is 1.75. The molecule has 0 saturated carbocycles. The van der Waals surface area contributed by atoms with Gasteiger partial charge in [-0.15, -0.1) is 0 Å². The third-order valence-electron chi connectivity index (χ3n) is 2.53. The number of nitrogens with two attached hydrogens (primary N) is 1. The molecule has 1 amide bonds. The number of ether oxygens (including phenoxy) is 2. The number of nitrogens with one attached hydrogen (secondary N) is 1. The first-order valence-electron chi connectivity index (χ1n) is 6.66. The van der Waals surface area contributed by atoms with E-state index in [-0.39, 0.29) is 18.1 Å². The van der Waals surface area contributed by atoms with Gasteiger partial charge in [-0.2, -0.15) is 0 Å². The highest BCUT2D eigenvalue weighted by Gasteiger charge is 2.15. The zero-order chi connectivity index (χ0) is 15.2. The maximum Gasteiger partial charge on any atom is 0.258 e. The molecular weight excluding hydrogens is 256 g/mol. The number of carbonyl (C=O) groups is 1. The van der Waals surface area contributed by atoms with Gasteiger partial charge >= 0.3 is 0 Å². The summed E-state index contributed by atoms with van der Waals surface area (Å²) in [5.41, 5.74) is 6.33. The van der Waals surface area contributed by atoms with E-state index < -0.39 is 0 Å². The number of hydrogen-bond donors (Lipinski definition) is 2. The normalized spacial score (nSPS) is 11.1. The molecule has 1 aromatic carbocycles. The lowest BCUT2D eigenvalue weighted by Crippen LogP contribution is -2.43. The van der Waals surface area contributed by atoms with Crippen molar-refractivity contribution in [2.75, 3.05) is 20.3 Å². The second kappa shape index (κ2) is 7.14. The minimum Gasteiger partial charge on any atom is -0.493 e. The molecule has 0 aliphatic rings. The zero-order valence-electron chi connectivity index (χ0n) is 12.7. The van der Waals surface area contributed by atoms with E-state index in [1.54, 1.807) is 13.2 Å². The van der Waals surface area contributed by atoms with E-state index in [9.17, 15) is 4.79 Å². The second-order valence-corrected chi connectivity index (χ2v) is 5.61. The lowest BCUT2D eigenvalue weighted by Gasteiger charge is -2.20. The Hall–Kier alpha value is -1.75. The predicted molar refractivity (Wildman–Crippen MR) is 79.1 cm³/mol. The summed E-state index contributed by atoms with van der Waals surface area (Å²) < 4.78 is 10.8. The minimum absolute atomic E-state index is 0.0378. The molecule has 0 aliphatic heterocycles. The van der Waals surface area contributed by atoms with Gasteiger partial charge in [0.25, 0.3) is 5.91 Å². The van der Waals surface area contributed by atoms with Crippen LogP contribution in [0.3, 0.4) is 0 Å². The van der Waals surface area contributed by atoms with Crippen molar-refractivity contribution in [1.29, 1.82) is 0 Å². The van der Waals surface area contributed by atoms with E-state index in [1.165, 1.54) is 0 Å². The Labute approximate surface area is 120 Å². The van der Waals surface area contributed by atoms with Crippen molar-refractivity contribution in [2.24, 2.45) is 5.73 Å². The standard InChI is InChI=1S/C15H24N2O3/c1-15(2,3)17-14(18)10-20-12-6-5-11(7-8-16)9-13(12)19-4/h5-6,9H,7-8,10,16H2,1-4H3,(H,17,18). The highest BCUT2D eigenvalue weighted by Crippen LogP contribution is 2.28. The monoisotopic (exact) mass is 280 g/mol. The molecule has 112 valence electrons. The molecule has 0 unspecified atom stereocenters. The van der Waals surface area contributed by atoms with Gasteiger partial charge in [-0.3, -0.25) is 4.79 Å². The lowest BCUT2D eigenvalue weighted by atomic mass is 10.1. The van der Waals surface area contributed by atoms with Crippen LogP contribution >= 0.6 is 0 Å². The van der Waals surface area contributed by atoms with Crippen LogP contribution in [0.1, 0.15) is 26.3 Å². The first-order chi connectivity index (χ1) is 9.35. The van der Waals surface area contributed by atoms with Gasteiger partial charge in [0.05, 0.1) is 7.11 Å². The maximum atomic E-state index is 11.7. The molecule has 1 aromatic rings. The largest absolute Gasteiger partial charge is 0.493 e. The van der Waals surface area contributed by atoms with Gasteiger partial charge in [-0.1, -0.05) is 6.07 Å². The van der Waals surface area contributed by atoms with Gasteiger partial charge in [-0.25, -0.2) is 0 Å². The first kappa shape index (κ1) is 16.3. The highest BCUT2D eigenvalue weighted by atomic mass is 16.5. The summed E-state index contributed by atoms with van der Waals surface area (Å²) in [7, 11) is 1.57. The number of benzene rings is 1. The Kier molecular flexibility index (Phi) is 5.82. The third-order valence-corrected chi connectivity index (χ3v) is 2.53. The number of amides is 1. The van der Waals surface area contributed by atoms with Crippen LogP contribution in [-0.4, -0.2) is 31.7 Å². The van der Waals surface area contributed by atoms with Gasteiger partial charge < -0.3 is 20.5 Å². The molecule has 5 heteroatoms. The van der Waals surface area contributed by atoms with Crippen molar-refractivity contribution in [1.82, 2.24) is 5.32 Å². The highest BCUT2D eigenvalue weighted by molar-refractivity contribution is 5.78. The molecule has 20 heavy (non-hydrogen) atoms. The fourth-order valence-electron chi connectivity index (χ4n) is 1.75. The topological polar surface area (TPSA) is 73.6 Å². The maximum absolute atomic E-state index is 11.7. The molecule has 1 rings (SSSR count). The van der Waals surface area contributed by atoms with Gasteiger partial charge in [-0.05, 0) is 51.4 Å². The van der Waals surface area contributed by atoms with E-state index in [4.69, 9.17) is 15.2 Å². The summed E-state index contributed by atoms with van der Waals surface area (Å²) in [4.78, 5) is 11.7. The van der Waals surface area contributed by atoms with E-state index in [0.717, 1.165) is 12.0 Å². The number of rotatable bonds is 6. The molecule has 0 aromatic heterocycles. The van der Waals surface area contributed by atoms with Crippen molar-refractivity contribution in [3.63, 3.8) is 0 Å². The Morgan fingerprint density at radius 3 is 2.55 bits per heavy atom. The van der Waals surface area contributed by atoms with Crippen molar-refractivity contribution in [3.05, 3.63) is 23.8 Å². The summed E-state index contributed by atoms with van der Waals surface area (Å²) in [6, 6.07) is 5.60. The summed E-state index contributed by atoms with van der Waals surface area (Å²) in [5.74, 6) is 1.00. The average molecular weight is 280 g/mol. The summed E-state index contributed by atoms with van der Waals surface area (Å²) in [6.45, 7) is 6.31. The molecule has 0 heterocycles. The Balaban J connectivity index is 2.65. The fraction of sp³-hybridized carbons (Fsp3) is 0.533. The molecule has 0 bridgehead atoms. The smallest absolute Gasteiger partial charge is 0.258 e. The Morgan fingerprint density at radius 2 is 2.00 bits per heavy atom. The molecule has 0 aliphatic carbocycles. The van der Waals surface area contributed by atoms with Crippen molar-refractivity contribution in [2.45, 2.75) is 32.7 Å². The molecule has 0 fully saturated rings. The van der Waals surface area contributed by atoms with Crippen LogP contribution in [0.15, 0.2) is 18.2 Å². The van der Waals surface area contributed by atoms with Crippen LogP contribution in [-0.2, 0) is 11.2 Å². The van der Waals surface area contributed by atoms with E-state index in [1.807, 2.05) is 32.9 Å². The number of hydrogen-bond acceptors (Lipinski definition) is 4. The van der Waals surface area contributed by atoms with Crippen LogP contribution in [0.4, 0.5) is 0 Å². The molecule has 0 spiro atoms. The average Bonchev–Trinajstić information content (AvgIpc) is 2.35. The SMILES string of the molecule is COc1cc(CCN)ccc1OCC(=O)NC(C)(C)C. The van der Waals surface area contributed by atoms with Crippen LogP contribution in [0.2, 0.25) is 0 Å². The van der Waals surface area contributed by atoms with Crippen molar-refractivity contribution < 1.29 is 14.3 Å². The van der Waals surface area contributed by atoms with E-state index in [0.29, 0.717) is 18.0 Å². The van der Waals surface area contributed by atoms with Gasteiger partial charge in [0.2, 0.25) is 0 Å². The van der Waals surface area contributed by atoms with E-state index in [2.05, 4.69) is 5.32 Å². The molecule has 5 nitrogen and oxygen atoms in total. The summed E-state index contributed by atoms with van der Waals surface area (Å²) in [5, 5.41) is 2.84. The predicted octanol–water partition coefficient (Wildman–Crippen LogP) is 1.49. The molecule has 0 atom stereocenters.